The van der Waals surface area contributed by atoms with Gasteiger partial charge in [0.2, 0.25) is 0 Å². The van der Waals surface area contributed by atoms with Crippen LogP contribution in [0, 0.1) is 11.3 Å². The van der Waals surface area contributed by atoms with Gasteiger partial charge in [0, 0.05) is 31.7 Å². The third kappa shape index (κ3) is 3.83. The largest absolute Gasteiger partial charge is 0.310 e. The molecule has 0 aromatic heterocycles. The van der Waals surface area contributed by atoms with E-state index < -0.39 is 0 Å². The molecule has 1 fully saturated rings. The monoisotopic (exact) mass is 274 g/mol. The second-order valence-electron chi connectivity index (χ2n) is 7.60. The lowest BCUT2D eigenvalue weighted by molar-refractivity contribution is 0.0756. The molecule has 0 saturated carbocycles. The zero-order valence-electron chi connectivity index (χ0n) is 13.7. The number of nitrogens with one attached hydrogen (secondary N) is 1. The number of piperazine rings is 1. The Morgan fingerprint density at radius 2 is 1.85 bits per heavy atom. The molecule has 1 aromatic carbocycles. The van der Waals surface area contributed by atoms with Crippen LogP contribution in [0.4, 0.5) is 0 Å². The molecule has 0 radical (unpaired) electrons. The normalized spacial score (nSPS) is 25.1. The van der Waals surface area contributed by atoms with Crippen molar-refractivity contribution in [1.29, 1.82) is 0 Å². The summed E-state index contributed by atoms with van der Waals surface area (Å²) in [4.78, 5) is 2.67. The molecule has 1 heterocycles. The molecule has 0 bridgehead atoms. The molecule has 2 heteroatoms. The fourth-order valence-corrected chi connectivity index (χ4v) is 3.06. The van der Waals surface area contributed by atoms with Crippen LogP contribution in [0.3, 0.4) is 0 Å². The Bertz CT molecular complexity index is 405. The average Bonchev–Trinajstić information content (AvgIpc) is 2.38. The highest BCUT2D eigenvalue weighted by Crippen LogP contribution is 2.30. The minimum Gasteiger partial charge on any atom is -0.310 e. The van der Waals surface area contributed by atoms with Crippen molar-refractivity contribution in [3.63, 3.8) is 0 Å². The fourth-order valence-electron chi connectivity index (χ4n) is 3.06. The summed E-state index contributed by atoms with van der Waals surface area (Å²) >= 11 is 0. The second kappa shape index (κ2) is 6.28. The predicted octanol–water partition coefficient (Wildman–Crippen LogP) is 3.70. The summed E-state index contributed by atoms with van der Waals surface area (Å²) in [5.74, 6) is 0.708. The minimum atomic E-state index is 0.316. The zero-order valence-corrected chi connectivity index (χ0v) is 13.7. The molecule has 2 nitrogen and oxygen atoms in total. The van der Waals surface area contributed by atoms with Gasteiger partial charge >= 0.3 is 0 Å². The van der Waals surface area contributed by atoms with Gasteiger partial charge in [0.1, 0.15) is 0 Å². The van der Waals surface area contributed by atoms with Crippen LogP contribution in [0.1, 0.15) is 46.2 Å². The summed E-state index contributed by atoms with van der Waals surface area (Å²) in [5.41, 5.74) is 1.75. The fraction of sp³-hybridized carbons (Fsp3) is 0.667. The van der Waals surface area contributed by atoms with Crippen molar-refractivity contribution in [2.24, 2.45) is 11.3 Å². The third-order valence-corrected chi connectivity index (χ3v) is 4.24. The van der Waals surface area contributed by atoms with Crippen molar-refractivity contribution in [3.05, 3.63) is 35.9 Å². The molecular formula is C18H30N2. The van der Waals surface area contributed by atoms with Crippen LogP contribution in [0.15, 0.2) is 30.3 Å². The van der Waals surface area contributed by atoms with Crippen LogP contribution in [0.2, 0.25) is 0 Å². The van der Waals surface area contributed by atoms with Crippen molar-refractivity contribution in [2.45, 2.75) is 46.7 Å². The molecular weight excluding hydrogens is 244 g/mol. The maximum atomic E-state index is 3.77. The SMILES string of the molecule is CC(C)CN1CC(C(C)(C)C)NCC1c1ccccc1. The molecule has 1 aliphatic heterocycles. The van der Waals surface area contributed by atoms with Gasteiger partial charge in [-0.25, -0.2) is 0 Å². The van der Waals surface area contributed by atoms with Gasteiger partial charge in [0.15, 0.2) is 0 Å². The summed E-state index contributed by atoms with van der Waals surface area (Å²) in [6.07, 6.45) is 0. The molecule has 1 N–H and O–H groups in total. The van der Waals surface area contributed by atoms with Crippen molar-refractivity contribution >= 4 is 0 Å². The van der Waals surface area contributed by atoms with E-state index in [9.17, 15) is 0 Å². The van der Waals surface area contributed by atoms with Crippen molar-refractivity contribution in [2.75, 3.05) is 19.6 Å². The topological polar surface area (TPSA) is 15.3 Å². The number of nitrogens with zero attached hydrogens (tertiary/aromatic N) is 1. The molecule has 20 heavy (non-hydrogen) atoms. The summed E-state index contributed by atoms with van der Waals surface area (Å²) in [5, 5.41) is 3.77. The standard InChI is InChI=1S/C18H30N2/c1-14(2)12-20-13-17(18(3,4)5)19-11-16(20)15-9-7-6-8-10-15/h6-10,14,16-17,19H,11-13H2,1-5H3. The lowest BCUT2D eigenvalue weighted by atomic mass is 9.84. The van der Waals surface area contributed by atoms with E-state index in [-0.39, 0.29) is 0 Å². The van der Waals surface area contributed by atoms with Gasteiger partial charge in [-0.15, -0.1) is 0 Å². The minimum absolute atomic E-state index is 0.316. The Morgan fingerprint density at radius 1 is 1.20 bits per heavy atom. The van der Waals surface area contributed by atoms with Crippen molar-refractivity contribution in [1.82, 2.24) is 10.2 Å². The first-order valence-electron chi connectivity index (χ1n) is 7.90. The van der Waals surface area contributed by atoms with Gasteiger partial charge in [-0.2, -0.15) is 0 Å². The van der Waals surface area contributed by atoms with Crippen LogP contribution in [-0.4, -0.2) is 30.6 Å². The van der Waals surface area contributed by atoms with Crippen molar-refractivity contribution in [3.8, 4) is 0 Å². The van der Waals surface area contributed by atoms with E-state index >= 15 is 0 Å². The molecule has 0 aliphatic carbocycles. The lowest BCUT2D eigenvalue weighted by Crippen LogP contribution is -2.57. The average molecular weight is 274 g/mol. The predicted molar refractivity (Wildman–Crippen MR) is 86.8 cm³/mol. The molecule has 2 rings (SSSR count). The van der Waals surface area contributed by atoms with Gasteiger partial charge in [-0.3, -0.25) is 4.90 Å². The Morgan fingerprint density at radius 3 is 2.40 bits per heavy atom. The zero-order chi connectivity index (χ0) is 14.8. The van der Waals surface area contributed by atoms with Gasteiger partial charge < -0.3 is 5.32 Å². The quantitative estimate of drug-likeness (QED) is 0.904. The number of hydrogen-bond acceptors (Lipinski definition) is 2. The van der Waals surface area contributed by atoms with E-state index in [0.717, 1.165) is 13.1 Å². The highest BCUT2D eigenvalue weighted by atomic mass is 15.2. The van der Waals surface area contributed by atoms with Gasteiger partial charge in [-0.05, 0) is 16.9 Å². The first-order valence-corrected chi connectivity index (χ1v) is 7.90. The molecule has 2 unspecified atom stereocenters. The van der Waals surface area contributed by atoms with Crippen LogP contribution in [0.5, 0.6) is 0 Å². The molecule has 1 aromatic rings. The maximum absolute atomic E-state index is 3.77. The van der Waals surface area contributed by atoms with Gasteiger partial charge in [-0.1, -0.05) is 65.0 Å². The van der Waals surface area contributed by atoms with Gasteiger partial charge in [0.25, 0.3) is 0 Å². The summed E-state index contributed by atoms with van der Waals surface area (Å²) in [7, 11) is 0. The molecule has 0 amide bonds. The van der Waals surface area contributed by atoms with E-state index in [2.05, 4.69) is 75.2 Å². The number of benzene rings is 1. The van der Waals surface area contributed by atoms with Crippen LogP contribution < -0.4 is 5.32 Å². The first-order chi connectivity index (χ1) is 9.38. The van der Waals surface area contributed by atoms with E-state index in [1.54, 1.807) is 0 Å². The highest BCUT2D eigenvalue weighted by Gasteiger charge is 2.34. The Hall–Kier alpha value is -0.860. The number of hydrogen-bond donors (Lipinski definition) is 1. The van der Waals surface area contributed by atoms with Gasteiger partial charge in [0.05, 0.1) is 0 Å². The first kappa shape index (κ1) is 15.5. The van der Waals surface area contributed by atoms with E-state index in [0.29, 0.717) is 23.4 Å². The van der Waals surface area contributed by atoms with E-state index in [1.165, 1.54) is 12.1 Å². The summed E-state index contributed by atoms with van der Waals surface area (Å²) < 4.78 is 0. The molecule has 0 spiro atoms. The number of rotatable bonds is 3. The Labute approximate surface area is 124 Å². The van der Waals surface area contributed by atoms with Crippen molar-refractivity contribution < 1.29 is 0 Å². The second-order valence-corrected chi connectivity index (χ2v) is 7.60. The van der Waals surface area contributed by atoms with Crippen LogP contribution >= 0.6 is 0 Å². The van der Waals surface area contributed by atoms with E-state index in [4.69, 9.17) is 0 Å². The Kier molecular flexibility index (Phi) is 4.87. The highest BCUT2D eigenvalue weighted by molar-refractivity contribution is 5.20. The summed E-state index contributed by atoms with van der Waals surface area (Å²) in [6, 6.07) is 12.0. The van der Waals surface area contributed by atoms with E-state index in [1.807, 2.05) is 0 Å². The summed E-state index contributed by atoms with van der Waals surface area (Å²) in [6.45, 7) is 15.0. The molecule has 1 aliphatic rings. The molecule has 1 saturated heterocycles. The third-order valence-electron chi connectivity index (χ3n) is 4.24. The van der Waals surface area contributed by atoms with Crippen LogP contribution in [0.25, 0.3) is 0 Å². The molecule has 2 atom stereocenters. The molecule has 112 valence electrons. The smallest absolute Gasteiger partial charge is 0.0473 e. The Balaban J connectivity index is 2.16. The lowest BCUT2D eigenvalue weighted by Gasteiger charge is -2.45. The maximum Gasteiger partial charge on any atom is 0.0473 e. The van der Waals surface area contributed by atoms with Crippen LogP contribution in [-0.2, 0) is 0 Å².